The molecule has 2 heterocycles. The van der Waals surface area contributed by atoms with Gasteiger partial charge in [0.1, 0.15) is 30.2 Å². The van der Waals surface area contributed by atoms with Crippen molar-refractivity contribution in [2.45, 2.75) is 69.2 Å². The number of aliphatic imine (C=N–C) groups is 1. The molecule has 6 amide bonds. The molecule has 4 aromatic rings. The first-order chi connectivity index (χ1) is 26.8. The van der Waals surface area contributed by atoms with Gasteiger partial charge in [-0.25, -0.2) is 4.98 Å². The summed E-state index contributed by atoms with van der Waals surface area (Å²) in [4.78, 5) is 93.4. The van der Waals surface area contributed by atoms with Crippen LogP contribution in [0.1, 0.15) is 36.6 Å². The molecule has 298 valence electrons. The first-order valence-electron chi connectivity index (χ1n) is 17.8. The lowest BCUT2D eigenvalue weighted by Gasteiger charge is -2.26. The van der Waals surface area contributed by atoms with Gasteiger partial charge in [0.25, 0.3) is 0 Å². The molecule has 0 unspecified atom stereocenters. The lowest BCUT2D eigenvalue weighted by atomic mass is 10.0. The molecule has 0 aliphatic heterocycles. The maximum Gasteiger partial charge on any atom is 0.244 e. The number of para-hydroxylation sites is 1. The molecule has 56 heavy (non-hydrogen) atoms. The van der Waals surface area contributed by atoms with Crippen molar-refractivity contribution in [2.75, 3.05) is 12.3 Å². The summed E-state index contributed by atoms with van der Waals surface area (Å²) < 4.78 is 0. The number of carbonyl (C=O) groups excluding carboxylic acids is 6. The van der Waals surface area contributed by atoms with Crippen LogP contribution < -0.4 is 43.8 Å². The fourth-order valence-electron chi connectivity index (χ4n) is 5.93. The summed E-state index contributed by atoms with van der Waals surface area (Å²) in [5.41, 5.74) is 19.5. The number of nitrogens with one attached hydrogen (secondary N) is 7. The molecule has 0 spiro atoms. The number of fused-ring (bicyclic) bond motifs is 1. The Morgan fingerprint density at radius 1 is 0.732 bits per heavy atom. The van der Waals surface area contributed by atoms with Gasteiger partial charge in [-0.3, -0.25) is 33.8 Å². The van der Waals surface area contributed by atoms with Gasteiger partial charge in [-0.15, -0.1) is 0 Å². The molecule has 0 radical (unpaired) electrons. The molecule has 2 aromatic heterocycles. The number of thiol groups is 1. The van der Waals surface area contributed by atoms with Gasteiger partial charge >= 0.3 is 0 Å². The summed E-state index contributed by atoms with van der Waals surface area (Å²) in [6, 6.07) is 10.5. The maximum atomic E-state index is 14.0. The Labute approximate surface area is 328 Å². The quantitative estimate of drug-likeness (QED) is 0.0210. The summed E-state index contributed by atoms with van der Waals surface area (Å²) in [5.74, 6) is -4.41. The minimum atomic E-state index is -1.24. The van der Waals surface area contributed by atoms with E-state index in [4.69, 9.17) is 17.2 Å². The summed E-state index contributed by atoms with van der Waals surface area (Å²) in [5, 5.41) is 14.1. The highest BCUT2D eigenvalue weighted by Crippen LogP contribution is 2.19. The van der Waals surface area contributed by atoms with Gasteiger partial charge in [-0.05, 0) is 30.0 Å². The van der Waals surface area contributed by atoms with Crippen LogP contribution in [0.2, 0.25) is 0 Å². The van der Waals surface area contributed by atoms with Gasteiger partial charge in [-0.2, -0.15) is 12.6 Å². The van der Waals surface area contributed by atoms with Crippen LogP contribution in [0.5, 0.6) is 0 Å². The smallest absolute Gasteiger partial charge is 0.244 e. The number of carbonyl (C=O) groups is 6. The van der Waals surface area contributed by atoms with E-state index in [1.165, 1.54) is 19.4 Å². The van der Waals surface area contributed by atoms with E-state index in [1.807, 2.05) is 24.3 Å². The van der Waals surface area contributed by atoms with Crippen LogP contribution >= 0.6 is 12.6 Å². The number of rotatable bonds is 21. The molecule has 2 aromatic carbocycles. The fourth-order valence-corrected chi connectivity index (χ4v) is 6.19. The highest BCUT2D eigenvalue weighted by atomic mass is 32.1. The first-order valence-corrected chi connectivity index (χ1v) is 18.5. The second-order valence-electron chi connectivity index (χ2n) is 13.1. The molecule has 0 saturated carbocycles. The number of aromatic amines is 2. The van der Waals surface area contributed by atoms with E-state index in [1.54, 1.807) is 36.5 Å². The van der Waals surface area contributed by atoms with Crippen molar-refractivity contribution in [3.05, 3.63) is 90.1 Å². The highest BCUT2D eigenvalue weighted by molar-refractivity contribution is 7.80. The van der Waals surface area contributed by atoms with E-state index in [-0.39, 0.29) is 50.4 Å². The SMILES string of the molecule is CC(=O)N[C@@H](Cc1cnc[nH]1)C(=O)N[C@@H](Cc1ccccc1)C(=O)N[C@H](CCCN=C(N)N)C(=O)N[C@@H](CS)C(=O)N[C@@H](Cc1c[nH]c2ccccc12)C(N)=O. The number of hydrogen-bond donors (Lipinski definition) is 11. The number of nitrogens with zero attached hydrogens (tertiary/aromatic N) is 2. The minimum Gasteiger partial charge on any atom is -0.370 e. The monoisotopic (exact) mass is 788 g/mol. The van der Waals surface area contributed by atoms with Gasteiger partial charge in [0, 0.05) is 67.5 Å². The molecular formula is C37H48N12O6S. The number of guanidine groups is 1. The standard InChI is InChI=1S/C37H48N12O6S/c1-21(50)45-30(16-24-18-41-20-44-24)35(54)48-29(14-22-8-3-2-4-9-22)34(53)46-27(12-7-13-42-37(39)40)33(52)49-31(19-56)36(55)47-28(32(38)51)15-23-17-43-26-11-6-5-10-25(23)26/h2-6,8-11,17-18,20,27-31,43,56H,7,12-16,19H2,1H3,(H2,38,51)(H,41,44)(H,45,50)(H,46,53)(H,47,55)(H,48,54)(H,49,52)(H4,39,40,42)/t27-,28+,29+,30+,31+/m1/s1. The van der Waals surface area contributed by atoms with E-state index in [2.05, 4.69) is 59.2 Å². The predicted octanol–water partition coefficient (Wildman–Crippen LogP) is -1.17. The Kier molecular flexibility index (Phi) is 15.8. The van der Waals surface area contributed by atoms with E-state index >= 15 is 0 Å². The number of imidazole rings is 1. The molecule has 5 atom stereocenters. The van der Waals surface area contributed by atoms with Crippen molar-refractivity contribution in [1.29, 1.82) is 0 Å². The minimum absolute atomic E-state index is 0.0279. The van der Waals surface area contributed by atoms with Crippen LogP contribution in [0.15, 0.2) is 78.3 Å². The van der Waals surface area contributed by atoms with E-state index < -0.39 is 65.7 Å². The average Bonchev–Trinajstić information content (AvgIpc) is 3.84. The van der Waals surface area contributed by atoms with Crippen molar-refractivity contribution in [3.63, 3.8) is 0 Å². The van der Waals surface area contributed by atoms with E-state index in [0.29, 0.717) is 11.3 Å². The number of primary amides is 1. The molecule has 19 heteroatoms. The van der Waals surface area contributed by atoms with Gasteiger partial charge in [0.05, 0.1) is 6.33 Å². The van der Waals surface area contributed by atoms with Crippen LogP contribution in [0.3, 0.4) is 0 Å². The lowest BCUT2D eigenvalue weighted by molar-refractivity contribution is -0.134. The molecule has 0 fully saturated rings. The third-order valence-electron chi connectivity index (χ3n) is 8.74. The van der Waals surface area contributed by atoms with Crippen LogP contribution in [-0.2, 0) is 48.0 Å². The van der Waals surface area contributed by atoms with Crippen molar-refractivity contribution < 1.29 is 28.8 Å². The maximum absolute atomic E-state index is 14.0. The van der Waals surface area contributed by atoms with Gasteiger partial charge < -0.3 is 53.8 Å². The Hall–Kier alpha value is -6.37. The molecule has 0 saturated heterocycles. The number of H-pyrrole nitrogens is 2. The lowest BCUT2D eigenvalue weighted by Crippen LogP contribution is -2.60. The molecular weight excluding hydrogens is 741 g/mol. The van der Waals surface area contributed by atoms with E-state index in [9.17, 15) is 28.8 Å². The predicted molar refractivity (Wildman–Crippen MR) is 213 cm³/mol. The number of amides is 6. The number of aromatic nitrogens is 3. The Morgan fingerprint density at radius 3 is 1.98 bits per heavy atom. The zero-order valence-electron chi connectivity index (χ0n) is 30.8. The van der Waals surface area contributed by atoms with Crippen LogP contribution in [0.25, 0.3) is 10.9 Å². The molecule has 13 N–H and O–H groups in total. The summed E-state index contributed by atoms with van der Waals surface area (Å²) in [6.07, 6.45) is 5.13. The second kappa shape index (κ2) is 20.9. The summed E-state index contributed by atoms with van der Waals surface area (Å²) >= 11 is 4.27. The van der Waals surface area contributed by atoms with Gasteiger partial charge in [0.15, 0.2) is 5.96 Å². The average molecular weight is 789 g/mol. The zero-order valence-corrected chi connectivity index (χ0v) is 31.7. The third-order valence-corrected chi connectivity index (χ3v) is 9.11. The Morgan fingerprint density at radius 2 is 1.34 bits per heavy atom. The number of hydrogen-bond acceptors (Lipinski definition) is 9. The van der Waals surface area contributed by atoms with Crippen molar-refractivity contribution in [3.8, 4) is 0 Å². The normalized spacial score (nSPS) is 13.6. The van der Waals surface area contributed by atoms with Crippen LogP contribution in [-0.4, -0.2) is 98.9 Å². The Balaban J connectivity index is 1.52. The van der Waals surface area contributed by atoms with Crippen molar-refractivity contribution in [2.24, 2.45) is 22.2 Å². The molecule has 0 aliphatic carbocycles. The fraction of sp³-hybridized carbons (Fsp3) is 0.351. The third kappa shape index (κ3) is 12.9. The molecule has 0 aliphatic rings. The van der Waals surface area contributed by atoms with E-state index in [0.717, 1.165) is 16.5 Å². The van der Waals surface area contributed by atoms with Crippen LogP contribution in [0.4, 0.5) is 0 Å². The highest BCUT2D eigenvalue weighted by Gasteiger charge is 2.32. The Bertz CT molecular complexity index is 1980. The molecule has 18 nitrogen and oxygen atoms in total. The summed E-state index contributed by atoms with van der Waals surface area (Å²) in [6.45, 7) is 1.39. The topological polar surface area (TPSA) is 297 Å². The molecule has 4 rings (SSSR count). The van der Waals surface area contributed by atoms with Crippen LogP contribution in [0, 0.1) is 0 Å². The second-order valence-corrected chi connectivity index (χ2v) is 13.4. The summed E-state index contributed by atoms with van der Waals surface area (Å²) in [7, 11) is 0. The number of nitrogens with two attached hydrogens (primary N) is 3. The number of benzene rings is 2. The van der Waals surface area contributed by atoms with Gasteiger partial charge in [-0.1, -0.05) is 48.5 Å². The first kappa shape index (κ1) is 42.4. The zero-order chi connectivity index (χ0) is 40.6. The largest absolute Gasteiger partial charge is 0.370 e. The molecule has 0 bridgehead atoms. The van der Waals surface area contributed by atoms with Crippen molar-refractivity contribution in [1.82, 2.24) is 41.5 Å². The van der Waals surface area contributed by atoms with Gasteiger partial charge in [0.2, 0.25) is 35.4 Å². The van der Waals surface area contributed by atoms with Crippen molar-refractivity contribution >= 4 is 64.9 Å².